The molecule has 7 nitrogen and oxygen atoms in total. The minimum atomic E-state index is -1.05. The first-order chi connectivity index (χ1) is 13.3. The molecule has 0 bridgehead atoms. The Hall–Kier alpha value is -3.48. The molecule has 1 amide bonds. The van der Waals surface area contributed by atoms with Gasteiger partial charge in [-0.2, -0.15) is 0 Å². The van der Waals surface area contributed by atoms with Crippen LogP contribution in [0.5, 0.6) is 5.75 Å². The minimum absolute atomic E-state index is 0.118. The van der Waals surface area contributed by atoms with Gasteiger partial charge in [0.05, 0.1) is 0 Å². The van der Waals surface area contributed by atoms with Crippen molar-refractivity contribution in [1.82, 2.24) is 0 Å². The van der Waals surface area contributed by atoms with Gasteiger partial charge >= 0.3 is 5.97 Å². The predicted molar refractivity (Wildman–Crippen MR) is 103 cm³/mol. The highest BCUT2D eigenvalue weighted by atomic mass is 16.6. The molecule has 2 aromatic rings. The number of nitrogens with one attached hydrogen (secondary N) is 1. The lowest BCUT2D eigenvalue weighted by molar-refractivity contribution is -0.155. The molecule has 0 spiro atoms. The summed E-state index contributed by atoms with van der Waals surface area (Å²) in [5.41, 5.74) is 1.35. The number of hydrogen-bond acceptors (Lipinski definition) is 6. The molecule has 0 saturated heterocycles. The molecule has 1 atom stereocenters. The molecule has 146 valence electrons. The number of benzene rings is 2. The maximum atomic E-state index is 12.2. The molecule has 0 radical (unpaired) electrons. The van der Waals surface area contributed by atoms with Gasteiger partial charge in [-0.05, 0) is 45.0 Å². The van der Waals surface area contributed by atoms with Crippen LogP contribution in [0.2, 0.25) is 0 Å². The Labute approximate surface area is 162 Å². The number of Topliss-reactive ketones (excluding diaryl/α,β-unsaturated/α-hetero) is 2. The van der Waals surface area contributed by atoms with Gasteiger partial charge in [0.1, 0.15) is 5.75 Å². The Morgan fingerprint density at radius 1 is 0.929 bits per heavy atom. The van der Waals surface area contributed by atoms with E-state index >= 15 is 0 Å². The van der Waals surface area contributed by atoms with Crippen LogP contribution in [0.4, 0.5) is 5.69 Å². The van der Waals surface area contributed by atoms with Crippen LogP contribution in [0.1, 0.15) is 41.5 Å². The summed E-state index contributed by atoms with van der Waals surface area (Å²) in [5.74, 6) is -1.16. The van der Waals surface area contributed by atoms with Crippen LogP contribution in [0, 0.1) is 0 Å². The van der Waals surface area contributed by atoms with Crippen molar-refractivity contribution in [3.63, 3.8) is 0 Å². The summed E-state index contributed by atoms with van der Waals surface area (Å²) in [5, 5.41) is 2.59. The Morgan fingerprint density at radius 2 is 1.54 bits per heavy atom. The number of ketones is 2. The second kappa shape index (κ2) is 9.45. The molecule has 0 unspecified atom stereocenters. The SMILES string of the molecule is CC(=O)c1cccc(NC(=O)[C@@H](C)OC(=O)COc2cccc(C(C)=O)c2)c1. The topological polar surface area (TPSA) is 98.8 Å². The first-order valence-corrected chi connectivity index (χ1v) is 8.61. The number of esters is 1. The molecule has 0 aliphatic rings. The molecule has 0 heterocycles. The summed E-state index contributed by atoms with van der Waals surface area (Å²) in [6.45, 7) is 3.88. The van der Waals surface area contributed by atoms with Crippen molar-refractivity contribution >= 4 is 29.1 Å². The van der Waals surface area contributed by atoms with Crippen molar-refractivity contribution in [3.8, 4) is 5.75 Å². The second-order valence-electron chi connectivity index (χ2n) is 6.13. The first-order valence-electron chi connectivity index (χ1n) is 8.61. The van der Waals surface area contributed by atoms with Crippen molar-refractivity contribution in [1.29, 1.82) is 0 Å². The van der Waals surface area contributed by atoms with Crippen LogP contribution < -0.4 is 10.1 Å². The van der Waals surface area contributed by atoms with Crippen LogP contribution in [0.25, 0.3) is 0 Å². The normalized spacial score (nSPS) is 11.2. The highest BCUT2D eigenvalue weighted by Gasteiger charge is 2.18. The monoisotopic (exact) mass is 383 g/mol. The largest absolute Gasteiger partial charge is 0.482 e. The Bertz CT molecular complexity index is 905. The summed E-state index contributed by atoms with van der Waals surface area (Å²) in [7, 11) is 0. The molecule has 2 aromatic carbocycles. The van der Waals surface area contributed by atoms with Gasteiger partial charge in [0.15, 0.2) is 24.3 Å². The zero-order valence-corrected chi connectivity index (χ0v) is 15.9. The molecule has 0 fully saturated rings. The third-order valence-electron chi connectivity index (χ3n) is 3.81. The van der Waals surface area contributed by atoms with Gasteiger partial charge in [-0.25, -0.2) is 4.79 Å². The van der Waals surface area contributed by atoms with E-state index in [2.05, 4.69) is 5.32 Å². The van der Waals surface area contributed by atoms with E-state index in [0.29, 0.717) is 22.6 Å². The van der Waals surface area contributed by atoms with Crippen LogP contribution in [0.15, 0.2) is 48.5 Å². The van der Waals surface area contributed by atoms with E-state index in [-0.39, 0.29) is 11.6 Å². The van der Waals surface area contributed by atoms with Gasteiger partial charge in [0.25, 0.3) is 5.91 Å². The third-order valence-corrected chi connectivity index (χ3v) is 3.81. The standard InChI is InChI=1S/C21H21NO6/c1-13(23)16-6-4-8-18(10-16)22-21(26)15(3)28-20(25)12-27-19-9-5-7-17(11-19)14(2)24/h4-11,15H,12H2,1-3H3,(H,22,26)/t15-/m1/s1. The van der Waals surface area contributed by atoms with E-state index in [1.54, 1.807) is 42.5 Å². The summed E-state index contributed by atoms with van der Waals surface area (Å²) >= 11 is 0. The molecular formula is C21H21NO6. The Balaban J connectivity index is 1.87. The molecular weight excluding hydrogens is 362 g/mol. The summed E-state index contributed by atoms with van der Waals surface area (Å²) < 4.78 is 10.4. The summed E-state index contributed by atoms with van der Waals surface area (Å²) in [6.07, 6.45) is -1.05. The maximum Gasteiger partial charge on any atom is 0.344 e. The van der Waals surface area contributed by atoms with Gasteiger partial charge in [-0.3, -0.25) is 14.4 Å². The third kappa shape index (κ3) is 6.05. The van der Waals surface area contributed by atoms with Crippen molar-refractivity contribution in [3.05, 3.63) is 59.7 Å². The van der Waals surface area contributed by atoms with Gasteiger partial charge in [0.2, 0.25) is 0 Å². The summed E-state index contributed by atoms with van der Waals surface area (Å²) in [6, 6.07) is 12.9. The number of anilines is 1. The van der Waals surface area contributed by atoms with Crippen LogP contribution >= 0.6 is 0 Å². The van der Waals surface area contributed by atoms with E-state index in [9.17, 15) is 19.2 Å². The van der Waals surface area contributed by atoms with Crippen molar-refractivity contribution in [2.45, 2.75) is 26.9 Å². The number of carbonyl (C=O) groups excluding carboxylic acids is 4. The highest BCUT2D eigenvalue weighted by Crippen LogP contribution is 2.14. The van der Waals surface area contributed by atoms with Crippen molar-refractivity contribution in [2.75, 3.05) is 11.9 Å². The fraction of sp³-hybridized carbons (Fsp3) is 0.238. The number of amides is 1. The fourth-order valence-electron chi connectivity index (χ4n) is 2.29. The van der Waals surface area contributed by atoms with Crippen molar-refractivity contribution in [2.24, 2.45) is 0 Å². The van der Waals surface area contributed by atoms with Gasteiger partial charge in [-0.1, -0.05) is 24.3 Å². The van der Waals surface area contributed by atoms with Gasteiger partial charge in [-0.15, -0.1) is 0 Å². The van der Waals surface area contributed by atoms with Crippen LogP contribution in [-0.4, -0.2) is 36.2 Å². The van der Waals surface area contributed by atoms with E-state index in [1.165, 1.54) is 26.8 Å². The smallest absolute Gasteiger partial charge is 0.344 e. The first kappa shape index (κ1) is 20.8. The summed E-state index contributed by atoms with van der Waals surface area (Å²) in [4.78, 5) is 46.8. The average Bonchev–Trinajstić information content (AvgIpc) is 2.66. The molecule has 2 rings (SSSR count). The number of rotatable bonds is 8. The number of ether oxygens (including phenoxy) is 2. The molecule has 0 aliphatic carbocycles. The van der Waals surface area contributed by atoms with Crippen LogP contribution in [0.3, 0.4) is 0 Å². The predicted octanol–water partition coefficient (Wildman–Crippen LogP) is 3.04. The lowest BCUT2D eigenvalue weighted by atomic mass is 10.1. The maximum absolute atomic E-state index is 12.2. The average molecular weight is 383 g/mol. The van der Waals surface area contributed by atoms with E-state index in [0.717, 1.165) is 0 Å². The quantitative estimate of drug-likeness (QED) is 0.556. The van der Waals surface area contributed by atoms with Crippen LogP contribution in [-0.2, 0) is 14.3 Å². The molecule has 0 aromatic heterocycles. The number of carbonyl (C=O) groups is 4. The minimum Gasteiger partial charge on any atom is -0.482 e. The molecule has 28 heavy (non-hydrogen) atoms. The zero-order valence-electron chi connectivity index (χ0n) is 15.9. The molecule has 7 heteroatoms. The van der Waals surface area contributed by atoms with E-state index in [4.69, 9.17) is 9.47 Å². The Kier molecular flexibility index (Phi) is 7.03. The van der Waals surface area contributed by atoms with Crippen molar-refractivity contribution < 1.29 is 28.7 Å². The molecule has 0 aliphatic heterocycles. The lowest BCUT2D eigenvalue weighted by Crippen LogP contribution is -2.31. The van der Waals surface area contributed by atoms with Gasteiger partial charge in [0, 0.05) is 16.8 Å². The Morgan fingerprint density at radius 3 is 2.18 bits per heavy atom. The lowest BCUT2D eigenvalue weighted by Gasteiger charge is -2.14. The second-order valence-corrected chi connectivity index (χ2v) is 6.13. The van der Waals surface area contributed by atoms with Gasteiger partial charge < -0.3 is 14.8 Å². The van der Waals surface area contributed by atoms with E-state index < -0.39 is 24.6 Å². The fourth-order valence-corrected chi connectivity index (χ4v) is 2.29. The number of hydrogen-bond donors (Lipinski definition) is 1. The highest BCUT2D eigenvalue weighted by molar-refractivity contribution is 5.98. The molecule has 0 saturated carbocycles. The van der Waals surface area contributed by atoms with E-state index in [1.807, 2.05) is 0 Å². The molecule has 1 N–H and O–H groups in total. The zero-order chi connectivity index (χ0) is 20.7.